The number of benzene rings is 2. The van der Waals surface area contributed by atoms with E-state index in [1.807, 2.05) is 6.07 Å². The van der Waals surface area contributed by atoms with Crippen LogP contribution >= 0.6 is 10.0 Å². The van der Waals surface area contributed by atoms with E-state index >= 15 is 0 Å². The zero-order chi connectivity index (χ0) is 37.1. The lowest BCUT2D eigenvalue weighted by Gasteiger charge is -2.45. The van der Waals surface area contributed by atoms with Gasteiger partial charge in [0.25, 0.3) is 11.8 Å². The number of oxime groups is 1. The van der Waals surface area contributed by atoms with Crippen LogP contribution in [-0.2, 0) is 22.7 Å². The van der Waals surface area contributed by atoms with Crippen molar-refractivity contribution in [2.45, 2.75) is 64.1 Å². The minimum absolute atomic E-state index is 0.0248. The normalized spacial score (nSPS) is 19.7. The van der Waals surface area contributed by atoms with Gasteiger partial charge in [0.15, 0.2) is 11.4 Å². The molecule has 2 amide bonds. The summed E-state index contributed by atoms with van der Waals surface area (Å²) in [6.07, 6.45) is 9.01. The lowest BCUT2D eigenvalue weighted by molar-refractivity contribution is 0.0466. The summed E-state index contributed by atoms with van der Waals surface area (Å²) in [5.41, 5.74) is -0.662. The Kier molecular flexibility index (Phi) is 11.3. The number of carbonyl (C=O) groups is 2. The number of nitrogens with zero attached hydrogens (tertiary/aromatic N) is 3. The molecule has 2 bridgehead atoms. The molecule has 2 atom stereocenters. The Bertz CT molecular complexity index is 1890. The van der Waals surface area contributed by atoms with E-state index in [2.05, 4.69) is 43.8 Å². The first-order valence-corrected chi connectivity index (χ1v) is 19.0. The average Bonchev–Trinajstić information content (AvgIpc) is 3.05. The van der Waals surface area contributed by atoms with Crippen LogP contribution in [0, 0.1) is 17.5 Å². The van der Waals surface area contributed by atoms with Crippen molar-refractivity contribution < 1.29 is 37.1 Å². The van der Waals surface area contributed by atoms with E-state index in [0.717, 1.165) is 0 Å². The van der Waals surface area contributed by atoms with Crippen LogP contribution in [0.2, 0.25) is 0 Å². The summed E-state index contributed by atoms with van der Waals surface area (Å²) >= 11 is 0. The van der Waals surface area contributed by atoms with Crippen LogP contribution in [0.25, 0.3) is 0 Å². The topological polar surface area (TPSA) is 111 Å². The zero-order valence-corrected chi connectivity index (χ0v) is 30.3. The van der Waals surface area contributed by atoms with Gasteiger partial charge < -0.3 is 29.1 Å². The fourth-order valence-electron chi connectivity index (χ4n) is 5.55. The van der Waals surface area contributed by atoms with E-state index in [1.165, 1.54) is 17.0 Å². The standard InChI is InChI=1S/C37H43F3N4O6S/c1-23-14-27-18-44(26(12-13-50-42-23)21-48-22-51(5,6)37(2,3)4)36(47)32-34(49-20-24-10-8-7-9-11-24)33(45)29(19-43(27)32)35(46)41-17-28-30(39)15-25(38)16-31(28)40/h7-13,15-16,19,26-27H,14,17-18,20-22H2,1-6H3,(H,41,46)/b13-12-,42-23-/t26-,27+/m1/s1. The van der Waals surface area contributed by atoms with Crippen LogP contribution in [0.4, 0.5) is 13.2 Å². The fourth-order valence-corrected chi connectivity index (χ4v) is 6.41. The van der Waals surface area contributed by atoms with Gasteiger partial charge in [0.1, 0.15) is 35.9 Å². The number of amides is 2. The molecule has 0 saturated heterocycles. The number of pyridine rings is 1. The molecular weight excluding hydrogens is 685 g/mol. The Morgan fingerprint density at radius 2 is 1.78 bits per heavy atom. The third kappa shape index (κ3) is 8.50. The van der Waals surface area contributed by atoms with E-state index in [0.29, 0.717) is 29.3 Å². The quantitative estimate of drug-likeness (QED) is 0.263. The number of fused-ring (bicyclic) bond motifs is 4. The number of nitrogens with one attached hydrogen (secondary N) is 1. The number of rotatable bonds is 10. The Labute approximate surface area is 296 Å². The molecule has 1 N–H and O–H groups in total. The lowest BCUT2D eigenvalue weighted by Crippen LogP contribution is -2.51. The first kappa shape index (κ1) is 37.7. The van der Waals surface area contributed by atoms with E-state index < -0.39 is 74.5 Å². The maximum Gasteiger partial charge on any atom is 0.275 e. The van der Waals surface area contributed by atoms with Gasteiger partial charge in [0.2, 0.25) is 5.43 Å². The van der Waals surface area contributed by atoms with Crippen molar-refractivity contribution in [1.29, 1.82) is 0 Å². The number of aromatic nitrogens is 1. The van der Waals surface area contributed by atoms with Gasteiger partial charge in [0, 0.05) is 43.4 Å². The summed E-state index contributed by atoms with van der Waals surface area (Å²) in [6, 6.07) is 8.85. The van der Waals surface area contributed by atoms with Crippen molar-refractivity contribution in [2.75, 3.05) is 31.6 Å². The zero-order valence-electron chi connectivity index (χ0n) is 29.5. The molecule has 0 fully saturated rings. The molecule has 14 heteroatoms. The highest BCUT2D eigenvalue weighted by atomic mass is 32.3. The molecule has 2 aliphatic heterocycles. The third-order valence-electron chi connectivity index (χ3n) is 9.28. The molecule has 0 saturated carbocycles. The summed E-state index contributed by atoms with van der Waals surface area (Å²) in [5.74, 6) is -4.84. The van der Waals surface area contributed by atoms with Crippen molar-refractivity contribution in [3.05, 3.63) is 111 Å². The van der Waals surface area contributed by atoms with Crippen LogP contribution in [0.15, 0.2) is 70.9 Å². The van der Waals surface area contributed by atoms with Crippen molar-refractivity contribution in [3.63, 3.8) is 0 Å². The van der Waals surface area contributed by atoms with Gasteiger partial charge >= 0.3 is 0 Å². The molecule has 10 nitrogen and oxygen atoms in total. The maximum atomic E-state index is 14.5. The number of carbonyl (C=O) groups excluding carboxylic acids is 2. The molecular formula is C37H43F3N4O6S. The second-order valence-corrected chi connectivity index (χ2v) is 18.6. The molecule has 3 heterocycles. The van der Waals surface area contributed by atoms with Crippen molar-refractivity contribution in [2.24, 2.45) is 5.16 Å². The van der Waals surface area contributed by atoms with Gasteiger partial charge in [-0.05, 0) is 35.8 Å². The van der Waals surface area contributed by atoms with E-state index in [1.54, 1.807) is 42.2 Å². The van der Waals surface area contributed by atoms with Crippen LogP contribution in [-0.4, -0.2) is 69.4 Å². The highest BCUT2D eigenvalue weighted by molar-refractivity contribution is 8.33. The van der Waals surface area contributed by atoms with Crippen LogP contribution in [0.3, 0.4) is 0 Å². The van der Waals surface area contributed by atoms with Crippen LogP contribution in [0.1, 0.15) is 72.1 Å². The van der Waals surface area contributed by atoms with E-state index in [9.17, 15) is 27.6 Å². The minimum atomic E-state index is -1.19. The molecule has 5 rings (SSSR count). The van der Waals surface area contributed by atoms with E-state index in [4.69, 9.17) is 14.3 Å². The highest BCUT2D eigenvalue weighted by Gasteiger charge is 2.40. The molecule has 274 valence electrons. The summed E-state index contributed by atoms with van der Waals surface area (Å²) in [7, 11) is -1.17. The van der Waals surface area contributed by atoms with Crippen molar-refractivity contribution in [3.8, 4) is 5.75 Å². The number of ether oxygens (including phenoxy) is 2. The molecule has 2 aromatic carbocycles. The fraction of sp³-hybridized carbons (Fsp3) is 0.405. The number of hydrogen-bond donors (Lipinski definition) is 1. The Morgan fingerprint density at radius 3 is 2.45 bits per heavy atom. The van der Waals surface area contributed by atoms with Crippen LogP contribution in [0.5, 0.6) is 5.75 Å². The SMILES string of the molecule is C/C1=N/O/C=C\[C@H](COCS(C)(C)C(C)(C)C)N2C[C@H](C1)n1cc(C(=O)NCc3c(F)cc(F)cc3F)c(=O)c(OCc3ccccc3)c1C2=O. The molecule has 1 aromatic heterocycles. The maximum absolute atomic E-state index is 14.5. The molecule has 0 spiro atoms. The Balaban J connectivity index is 1.56. The van der Waals surface area contributed by atoms with Crippen LogP contribution < -0.4 is 15.5 Å². The monoisotopic (exact) mass is 728 g/mol. The Hall–Kier alpha value is -4.56. The second kappa shape index (κ2) is 15.4. The molecule has 0 radical (unpaired) electrons. The van der Waals surface area contributed by atoms with Gasteiger partial charge in [-0.2, -0.15) is 0 Å². The summed E-state index contributed by atoms with van der Waals surface area (Å²) < 4.78 is 56.1. The molecule has 3 aromatic rings. The third-order valence-corrected chi connectivity index (χ3v) is 13.4. The molecule has 0 unspecified atom stereocenters. The second-order valence-electron chi connectivity index (χ2n) is 14.0. The summed E-state index contributed by atoms with van der Waals surface area (Å²) in [4.78, 5) is 49.2. The summed E-state index contributed by atoms with van der Waals surface area (Å²) in [6.45, 7) is 7.81. The summed E-state index contributed by atoms with van der Waals surface area (Å²) in [5, 5.41) is 6.54. The first-order valence-electron chi connectivity index (χ1n) is 16.4. The largest absolute Gasteiger partial charge is 0.483 e. The van der Waals surface area contributed by atoms with Gasteiger partial charge in [-0.1, -0.05) is 56.3 Å². The van der Waals surface area contributed by atoms with Crippen molar-refractivity contribution >= 4 is 27.6 Å². The number of halogens is 3. The van der Waals surface area contributed by atoms with E-state index in [-0.39, 0.29) is 42.4 Å². The smallest absolute Gasteiger partial charge is 0.275 e. The van der Waals surface area contributed by atoms with Gasteiger partial charge in [0.05, 0.1) is 30.3 Å². The lowest BCUT2D eigenvalue weighted by atomic mass is 10.0. The molecule has 51 heavy (non-hydrogen) atoms. The van der Waals surface area contributed by atoms with Gasteiger partial charge in [-0.25, -0.2) is 23.2 Å². The van der Waals surface area contributed by atoms with Gasteiger partial charge in [-0.3, -0.25) is 14.4 Å². The molecule has 2 aliphatic rings. The van der Waals surface area contributed by atoms with Gasteiger partial charge in [-0.15, -0.1) is 0 Å². The molecule has 0 aliphatic carbocycles. The number of hydrogen-bond acceptors (Lipinski definition) is 7. The average molecular weight is 729 g/mol. The Morgan fingerprint density at radius 1 is 1.10 bits per heavy atom. The highest BCUT2D eigenvalue weighted by Crippen LogP contribution is 2.52. The first-order chi connectivity index (χ1) is 24.1. The predicted octanol–water partition coefficient (Wildman–Crippen LogP) is 6.29. The minimum Gasteiger partial charge on any atom is -0.483 e. The van der Waals surface area contributed by atoms with Crippen molar-refractivity contribution in [1.82, 2.24) is 14.8 Å². The predicted molar refractivity (Wildman–Crippen MR) is 191 cm³/mol.